The van der Waals surface area contributed by atoms with Gasteiger partial charge in [0.25, 0.3) is 0 Å². The van der Waals surface area contributed by atoms with Crippen LogP contribution in [0.15, 0.2) is 30.4 Å². The molecular weight excluding hydrogens is 284 g/mol. The Labute approximate surface area is 140 Å². The molecule has 0 spiro atoms. The van der Waals surface area contributed by atoms with Crippen LogP contribution in [0.5, 0.6) is 5.75 Å². The van der Waals surface area contributed by atoms with E-state index in [0.717, 1.165) is 25.0 Å². The molecule has 1 aromatic rings. The SMILES string of the molecule is C=C(C)[C@@H]1CC[C@](C)(O)[C@H]2Oc3cc(CCCCC)ccc3[C@@H]12. The van der Waals surface area contributed by atoms with Crippen LogP contribution in [-0.4, -0.2) is 16.8 Å². The Bertz CT molecular complexity index is 588. The van der Waals surface area contributed by atoms with Gasteiger partial charge in [-0.3, -0.25) is 0 Å². The highest BCUT2D eigenvalue weighted by Gasteiger charge is 2.52. The first-order valence-electron chi connectivity index (χ1n) is 9.11. The summed E-state index contributed by atoms with van der Waals surface area (Å²) in [6.07, 6.45) is 6.49. The molecule has 0 radical (unpaired) electrons. The number of benzene rings is 1. The molecule has 1 N–H and O–H groups in total. The van der Waals surface area contributed by atoms with Crippen LogP contribution in [0.25, 0.3) is 0 Å². The standard InChI is InChI=1S/C21H30O2/c1-5-6-7-8-15-9-10-17-18(13-15)23-20-19(17)16(14(2)3)11-12-21(20,4)22/h9-10,13,16,19-20,22H,2,5-8,11-12H2,1,3-4H3/t16-,19+,20-,21-/m0/s1. The van der Waals surface area contributed by atoms with Gasteiger partial charge in [0.05, 0.1) is 5.60 Å². The molecule has 0 aromatic heterocycles. The van der Waals surface area contributed by atoms with Crippen LogP contribution in [-0.2, 0) is 6.42 Å². The fourth-order valence-electron chi connectivity index (χ4n) is 4.33. The van der Waals surface area contributed by atoms with E-state index in [2.05, 4.69) is 38.6 Å². The van der Waals surface area contributed by atoms with E-state index in [0.29, 0.717) is 5.92 Å². The Morgan fingerprint density at radius 1 is 1.39 bits per heavy atom. The van der Waals surface area contributed by atoms with Crippen molar-refractivity contribution in [2.24, 2.45) is 5.92 Å². The minimum atomic E-state index is -0.752. The third kappa shape index (κ3) is 3.06. The maximum absolute atomic E-state index is 10.8. The van der Waals surface area contributed by atoms with Gasteiger partial charge in [0.15, 0.2) is 0 Å². The van der Waals surface area contributed by atoms with Crippen LogP contribution >= 0.6 is 0 Å². The van der Waals surface area contributed by atoms with Gasteiger partial charge in [0.2, 0.25) is 0 Å². The summed E-state index contributed by atoms with van der Waals surface area (Å²) in [6, 6.07) is 6.69. The van der Waals surface area contributed by atoms with Gasteiger partial charge in [0, 0.05) is 11.5 Å². The third-order valence-electron chi connectivity index (χ3n) is 5.73. The molecule has 0 amide bonds. The second kappa shape index (κ2) is 6.32. The summed E-state index contributed by atoms with van der Waals surface area (Å²) >= 11 is 0. The largest absolute Gasteiger partial charge is 0.486 e. The van der Waals surface area contributed by atoms with Crippen molar-refractivity contribution < 1.29 is 9.84 Å². The van der Waals surface area contributed by atoms with E-state index in [1.165, 1.54) is 36.0 Å². The average Bonchev–Trinajstić information content (AvgIpc) is 2.87. The molecule has 0 bridgehead atoms. The van der Waals surface area contributed by atoms with Crippen LogP contribution in [0.1, 0.15) is 69.9 Å². The maximum atomic E-state index is 10.8. The molecule has 3 rings (SSSR count). The number of unbranched alkanes of at least 4 members (excludes halogenated alkanes) is 2. The van der Waals surface area contributed by atoms with Crippen molar-refractivity contribution in [1.82, 2.24) is 0 Å². The zero-order valence-corrected chi connectivity index (χ0v) is 14.8. The van der Waals surface area contributed by atoms with Gasteiger partial charge in [-0.15, -0.1) is 0 Å². The fraction of sp³-hybridized carbons (Fsp3) is 0.619. The number of allylic oxidation sites excluding steroid dienone is 1. The Kier molecular flexibility index (Phi) is 4.55. The highest BCUT2D eigenvalue weighted by atomic mass is 16.5. The smallest absolute Gasteiger partial charge is 0.135 e. The minimum absolute atomic E-state index is 0.140. The first kappa shape index (κ1) is 16.6. The van der Waals surface area contributed by atoms with Crippen LogP contribution in [0.2, 0.25) is 0 Å². The quantitative estimate of drug-likeness (QED) is 0.612. The Hall–Kier alpha value is -1.28. The topological polar surface area (TPSA) is 29.5 Å². The normalized spacial score (nSPS) is 32.1. The summed E-state index contributed by atoms with van der Waals surface area (Å²) < 4.78 is 6.26. The van der Waals surface area contributed by atoms with Gasteiger partial charge in [-0.2, -0.15) is 0 Å². The lowest BCUT2D eigenvalue weighted by Crippen LogP contribution is -2.50. The molecule has 2 nitrogen and oxygen atoms in total. The number of fused-ring (bicyclic) bond motifs is 3. The van der Waals surface area contributed by atoms with Crippen molar-refractivity contribution in [3.8, 4) is 5.75 Å². The Morgan fingerprint density at radius 2 is 2.17 bits per heavy atom. The molecule has 126 valence electrons. The zero-order chi connectivity index (χ0) is 16.6. The first-order chi connectivity index (χ1) is 10.9. The highest BCUT2D eigenvalue weighted by Crippen LogP contribution is 2.53. The molecule has 1 aromatic carbocycles. The molecule has 1 aliphatic carbocycles. The first-order valence-corrected chi connectivity index (χ1v) is 9.11. The van der Waals surface area contributed by atoms with E-state index in [1.54, 1.807) is 0 Å². The van der Waals surface area contributed by atoms with Crippen molar-refractivity contribution >= 4 is 0 Å². The van der Waals surface area contributed by atoms with E-state index < -0.39 is 5.60 Å². The highest BCUT2D eigenvalue weighted by molar-refractivity contribution is 5.46. The fourth-order valence-corrected chi connectivity index (χ4v) is 4.33. The molecule has 1 aliphatic heterocycles. The van der Waals surface area contributed by atoms with Crippen molar-refractivity contribution in [2.75, 3.05) is 0 Å². The lowest BCUT2D eigenvalue weighted by Gasteiger charge is -2.42. The van der Waals surface area contributed by atoms with E-state index in [-0.39, 0.29) is 12.0 Å². The maximum Gasteiger partial charge on any atom is 0.135 e. The summed E-state index contributed by atoms with van der Waals surface area (Å²) in [5.41, 5.74) is 3.07. The summed E-state index contributed by atoms with van der Waals surface area (Å²) in [6.45, 7) is 10.5. The Morgan fingerprint density at radius 3 is 2.87 bits per heavy atom. The monoisotopic (exact) mass is 314 g/mol. The van der Waals surface area contributed by atoms with Crippen molar-refractivity contribution in [3.63, 3.8) is 0 Å². The molecule has 2 heteroatoms. The molecule has 0 saturated heterocycles. The van der Waals surface area contributed by atoms with Crippen LogP contribution < -0.4 is 4.74 Å². The summed E-state index contributed by atoms with van der Waals surface area (Å²) in [5.74, 6) is 1.64. The van der Waals surface area contributed by atoms with Crippen molar-refractivity contribution in [2.45, 2.75) is 76.9 Å². The molecule has 4 atom stereocenters. The van der Waals surface area contributed by atoms with Gasteiger partial charge >= 0.3 is 0 Å². The lowest BCUT2D eigenvalue weighted by atomic mass is 9.66. The van der Waals surface area contributed by atoms with E-state index in [9.17, 15) is 5.11 Å². The zero-order valence-electron chi connectivity index (χ0n) is 14.8. The minimum Gasteiger partial charge on any atom is -0.486 e. The molecule has 0 unspecified atom stereocenters. The van der Waals surface area contributed by atoms with Gasteiger partial charge in [-0.1, -0.05) is 44.1 Å². The summed E-state index contributed by atoms with van der Waals surface area (Å²) in [4.78, 5) is 0. The van der Waals surface area contributed by atoms with E-state index >= 15 is 0 Å². The number of hydrogen-bond donors (Lipinski definition) is 1. The summed E-state index contributed by atoms with van der Waals surface area (Å²) in [7, 11) is 0. The number of hydrogen-bond acceptors (Lipinski definition) is 2. The summed E-state index contributed by atoms with van der Waals surface area (Å²) in [5, 5.41) is 10.8. The van der Waals surface area contributed by atoms with Crippen molar-refractivity contribution in [3.05, 3.63) is 41.5 Å². The predicted octanol–water partition coefficient (Wildman–Crippen LogP) is 5.00. The molecule has 1 fully saturated rings. The average molecular weight is 314 g/mol. The van der Waals surface area contributed by atoms with Gasteiger partial charge < -0.3 is 9.84 Å². The van der Waals surface area contributed by atoms with Gasteiger partial charge in [-0.25, -0.2) is 0 Å². The number of rotatable bonds is 5. The number of aliphatic hydroxyl groups is 1. The molecule has 1 saturated carbocycles. The van der Waals surface area contributed by atoms with Crippen molar-refractivity contribution in [1.29, 1.82) is 0 Å². The molecule has 1 heterocycles. The van der Waals surface area contributed by atoms with Gasteiger partial charge in [-0.05, 0) is 57.1 Å². The van der Waals surface area contributed by atoms with Crippen LogP contribution in [0.3, 0.4) is 0 Å². The van der Waals surface area contributed by atoms with E-state index in [4.69, 9.17) is 4.74 Å². The van der Waals surface area contributed by atoms with Crippen LogP contribution in [0, 0.1) is 5.92 Å². The Balaban J connectivity index is 1.88. The van der Waals surface area contributed by atoms with E-state index in [1.807, 2.05) is 6.92 Å². The molecular formula is C21H30O2. The second-order valence-electron chi connectivity index (χ2n) is 7.74. The lowest BCUT2D eigenvalue weighted by molar-refractivity contribution is -0.0823. The molecule has 2 aliphatic rings. The van der Waals surface area contributed by atoms with Crippen LogP contribution in [0.4, 0.5) is 0 Å². The third-order valence-corrected chi connectivity index (χ3v) is 5.73. The number of aryl methyl sites for hydroxylation is 1. The second-order valence-corrected chi connectivity index (χ2v) is 7.74. The predicted molar refractivity (Wildman–Crippen MR) is 95.0 cm³/mol. The van der Waals surface area contributed by atoms with Gasteiger partial charge in [0.1, 0.15) is 11.9 Å². The molecule has 23 heavy (non-hydrogen) atoms. The number of ether oxygens (including phenoxy) is 1.